The van der Waals surface area contributed by atoms with Crippen LogP contribution in [0.25, 0.3) is 0 Å². The van der Waals surface area contributed by atoms with E-state index in [1.165, 1.54) is 0 Å². The summed E-state index contributed by atoms with van der Waals surface area (Å²) in [4.78, 5) is 17.7. The molecule has 0 spiro atoms. The zero-order chi connectivity index (χ0) is 13.9. The van der Waals surface area contributed by atoms with Crippen molar-refractivity contribution in [2.24, 2.45) is 4.99 Å². The summed E-state index contributed by atoms with van der Waals surface area (Å²) < 4.78 is 0. The van der Waals surface area contributed by atoms with E-state index in [0.717, 1.165) is 56.0 Å². The van der Waals surface area contributed by atoms with Crippen LogP contribution in [0.3, 0.4) is 0 Å². The van der Waals surface area contributed by atoms with Crippen LogP contribution in [0.1, 0.15) is 24.8 Å². The van der Waals surface area contributed by atoms with Crippen LogP contribution in [0, 0.1) is 0 Å². The van der Waals surface area contributed by atoms with Gasteiger partial charge in [0.25, 0.3) is 0 Å². The average Bonchev–Trinajstić information content (AvgIpc) is 2.98. The molecule has 20 heavy (non-hydrogen) atoms. The van der Waals surface area contributed by atoms with E-state index in [-0.39, 0.29) is 6.04 Å². The Labute approximate surface area is 118 Å². The average molecular weight is 273 g/mol. The lowest BCUT2D eigenvalue weighted by Gasteiger charge is -2.24. The molecule has 2 N–H and O–H groups in total. The Hall–Kier alpha value is -2.04. The van der Waals surface area contributed by atoms with Crippen LogP contribution in [0.15, 0.2) is 29.3 Å². The summed E-state index contributed by atoms with van der Waals surface area (Å²) in [5.41, 5.74) is 2.05. The van der Waals surface area contributed by atoms with Crippen LogP contribution < -0.4 is 10.2 Å². The molecular weight excluding hydrogens is 254 g/mol. The Bertz CT molecular complexity index is 524. The van der Waals surface area contributed by atoms with Crippen LogP contribution in [-0.4, -0.2) is 42.6 Å². The molecule has 1 unspecified atom stereocenters. The molecule has 3 rings (SSSR count). The number of anilines is 1. The second kappa shape index (κ2) is 5.53. The van der Waals surface area contributed by atoms with Gasteiger partial charge in [-0.2, -0.15) is 0 Å². The van der Waals surface area contributed by atoms with Gasteiger partial charge in [0, 0.05) is 30.9 Å². The minimum atomic E-state index is -0.732. The summed E-state index contributed by atoms with van der Waals surface area (Å²) in [7, 11) is 0. The number of amidine groups is 1. The number of aliphatic imine (C=N–C) groups is 1. The monoisotopic (exact) mass is 273 g/mol. The molecule has 2 aliphatic heterocycles. The number of carboxylic acid groups (broad SMARTS) is 1. The maximum atomic E-state index is 11.2. The molecule has 106 valence electrons. The Morgan fingerprint density at radius 1 is 1.30 bits per heavy atom. The lowest BCUT2D eigenvalue weighted by molar-refractivity contribution is -0.138. The van der Waals surface area contributed by atoms with Gasteiger partial charge in [0.15, 0.2) is 0 Å². The first-order valence-corrected chi connectivity index (χ1v) is 7.14. The minimum Gasteiger partial charge on any atom is -0.480 e. The lowest BCUT2D eigenvalue weighted by atomic mass is 10.1. The minimum absolute atomic E-state index is 0.383. The van der Waals surface area contributed by atoms with E-state index in [1.807, 2.05) is 29.2 Å². The van der Waals surface area contributed by atoms with E-state index in [9.17, 15) is 9.90 Å². The van der Waals surface area contributed by atoms with Crippen LogP contribution in [0.4, 0.5) is 5.69 Å². The van der Waals surface area contributed by atoms with Gasteiger partial charge in [0.05, 0.1) is 0 Å². The van der Waals surface area contributed by atoms with Crippen molar-refractivity contribution in [2.45, 2.75) is 25.3 Å². The number of rotatable bonds is 3. The molecule has 0 aromatic heterocycles. The van der Waals surface area contributed by atoms with Crippen LogP contribution in [0.5, 0.6) is 0 Å². The standard InChI is InChI=1S/C15H19N3O2/c19-15(20)13-3-1-10-18(13)12-6-4-11(5-7-12)14-16-8-2-9-17-14/h4-7,13H,1-3,8-10H2,(H,16,17)(H,19,20). The second-order valence-electron chi connectivity index (χ2n) is 5.25. The van der Waals surface area contributed by atoms with Crippen LogP contribution >= 0.6 is 0 Å². The highest BCUT2D eigenvalue weighted by molar-refractivity contribution is 5.99. The molecule has 0 aliphatic carbocycles. The maximum Gasteiger partial charge on any atom is 0.326 e. The molecule has 2 heterocycles. The molecule has 5 nitrogen and oxygen atoms in total. The number of carboxylic acids is 1. The first kappa shape index (κ1) is 13.0. The first-order chi connectivity index (χ1) is 9.75. The van der Waals surface area contributed by atoms with E-state index < -0.39 is 5.97 Å². The topological polar surface area (TPSA) is 64.9 Å². The van der Waals surface area contributed by atoms with Gasteiger partial charge < -0.3 is 15.3 Å². The van der Waals surface area contributed by atoms with Gasteiger partial charge >= 0.3 is 5.97 Å². The molecule has 0 radical (unpaired) electrons. The third-order valence-electron chi connectivity index (χ3n) is 3.91. The number of benzene rings is 1. The Kier molecular flexibility index (Phi) is 3.58. The highest BCUT2D eigenvalue weighted by Crippen LogP contribution is 2.26. The Morgan fingerprint density at radius 2 is 2.10 bits per heavy atom. The molecule has 1 saturated heterocycles. The summed E-state index contributed by atoms with van der Waals surface area (Å²) in [6.45, 7) is 2.65. The quantitative estimate of drug-likeness (QED) is 0.875. The van der Waals surface area contributed by atoms with Crippen molar-refractivity contribution in [3.05, 3.63) is 29.8 Å². The van der Waals surface area contributed by atoms with Gasteiger partial charge in [0.1, 0.15) is 11.9 Å². The van der Waals surface area contributed by atoms with E-state index in [2.05, 4.69) is 10.3 Å². The zero-order valence-electron chi connectivity index (χ0n) is 11.4. The predicted octanol–water partition coefficient (Wildman–Crippen LogP) is 1.48. The van der Waals surface area contributed by atoms with E-state index in [0.29, 0.717) is 0 Å². The molecule has 5 heteroatoms. The number of hydrogen-bond acceptors (Lipinski definition) is 4. The summed E-state index contributed by atoms with van der Waals surface area (Å²) in [6, 6.07) is 7.64. The van der Waals surface area contributed by atoms with Crippen molar-refractivity contribution >= 4 is 17.5 Å². The highest BCUT2D eigenvalue weighted by atomic mass is 16.4. The Morgan fingerprint density at radius 3 is 2.75 bits per heavy atom. The normalized spacial score (nSPS) is 22.3. The van der Waals surface area contributed by atoms with E-state index >= 15 is 0 Å². The van der Waals surface area contributed by atoms with Gasteiger partial charge in [-0.05, 0) is 43.5 Å². The van der Waals surface area contributed by atoms with E-state index in [1.54, 1.807) is 0 Å². The molecule has 2 aliphatic rings. The fourth-order valence-corrected chi connectivity index (χ4v) is 2.87. The summed E-state index contributed by atoms with van der Waals surface area (Å²) in [5.74, 6) is 0.212. The van der Waals surface area contributed by atoms with Crippen molar-refractivity contribution in [2.75, 3.05) is 24.5 Å². The largest absolute Gasteiger partial charge is 0.480 e. The van der Waals surface area contributed by atoms with E-state index in [4.69, 9.17) is 0 Å². The molecule has 0 amide bonds. The fraction of sp³-hybridized carbons (Fsp3) is 0.467. The molecular formula is C15H19N3O2. The molecule has 1 aromatic rings. The lowest BCUT2D eigenvalue weighted by Crippen LogP contribution is -2.36. The van der Waals surface area contributed by atoms with Gasteiger partial charge in [-0.25, -0.2) is 4.79 Å². The smallest absolute Gasteiger partial charge is 0.326 e. The molecule has 1 fully saturated rings. The molecule has 0 saturated carbocycles. The first-order valence-electron chi connectivity index (χ1n) is 7.14. The van der Waals surface area contributed by atoms with Crippen molar-refractivity contribution in [3.8, 4) is 0 Å². The molecule has 0 bridgehead atoms. The third-order valence-corrected chi connectivity index (χ3v) is 3.91. The number of carbonyl (C=O) groups is 1. The molecule has 1 aromatic carbocycles. The van der Waals surface area contributed by atoms with Crippen LogP contribution in [0.2, 0.25) is 0 Å². The summed E-state index contributed by atoms with van der Waals surface area (Å²) in [6.07, 6.45) is 2.74. The number of nitrogens with one attached hydrogen (secondary N) is 1. The van der Waals surface area contributed by atoms with Gasteiger partial charge in [0.2, 0.25) is 0 Å². The fourth-order valence-electron chi connectivity index (χ4n) is 2.87. The SMILES string of the molecule is O=C(O)C1CCCN1c1ccc(C2=NCCCN2)cc1. The second-order valence-corrected chi connectivity index (χ2v) is 5.25. The number of hydrogen-bond donors (Lipinski definition) is 2. The van der Waals surface area contributed by atoms with Crippen molar-refractivity contribution in [1.29, 1.82) is 0 Å². The number of nitrogens with zero attached hydrogens (tertiary/aromatic N) is 2. The van der Waals surface area contributed by atoms with Gasteiger partial charge in [-0.1, -0.05) is 0 Å². The summed E-state index contributed by atoms with van der Waals surface area (Å²) >= 11 is 0. The van der Waals surface area contributed by atoms with Gasteiger partial charge in [-0.3, -0.25) is 4.99 Å². The van der Waals surface area contributed by atoms with Crippen LogP contribution in [-0.2, 0) is 4.79 Å². The highest BCUT2D eigenvalue weighted by Gasteiger charge is 2.30. The molecule has 1 atom stereocenters. The third kappa shape index (κ3) is 2.48. The maximum absolute atomic E-state index is 11.2. The van der Waals surface area contributed by atoms with Crippen molar-refractivity contribution in [3.63, 3.8) is 0 Å². The number of aliphatic carboxylic acids is 1. The zero-order valence-corrected chi connectivity index (χ0v) is 11.4. The summed E-state index contributed by atoms with van der Waals surface area (Å²) in [5, 5.41) is 12.5. The van der Waals surface area contributed by atoms with Gasteiger partial charge in [-0.15, -0.1) is 0 Å². The van der Waals surface area contributed by atoms with Crippen molar-refractivity contribution < 1.29 is 9.90 Å². The Balaban J connectivity index is 1.79. The predicted molar refractivity (Wildman–Crippen MR) is 78.5 cm³/mol. The van der Waals surface area contributed by atoms with Crippen molar-refractivity contribution in [1.82, 2.24) is 5.32 Å².